The van der Waals surface area contributed by atoms with Crippen LogP contribution < -0.4 is 0 Å². The van der Waals surface area contributed by atoms with E-state index < -0.39 is 11.7 Å². The zero-order valence-corrected chi connectivity index (χ0v) is 17.0. The van der Waals surface area contributed by atoms with Gasteiger partial charge in [-0.3, -0.25) is 4.79 Å². The first kappa shape index (κ1) is 20.3. The molecule has 1 fully saturated rings. The van der Waals surface area contributed by atoms with E-state index in [2.05, 4.69) is 10.1 Å². The van der Waals surface area contributed by atoms with Crippen LogP contribution in [0.3, 0.4) is 0 Å². The molecule has 6 nitrogen and oxygen atoms in total. The van der Waals surface area contributed by atoms with Crippen LogP contribution in [0.2, 0.25) is 0 Å². The maximum Gasteiger partial charge on any atom is 0.416 e. The molecule has 3 aromatic heterocycles. The van der Waals surface area contributed by atoms with Crippen molar-refractivity contribution >= 4 is 17.0 Å². The number of aryl methyl sites for hydroxylation is 1. The van der Waals surface area contributed by atoms with Crippen molar-refractivity contribution in [2.75, 3.05) is 0 Å². The molecule has 0 N–H and O–H groups in total. The number of pyridine rings is 1. The number of amides is 1. The lowest BCUT2D eigenvalue weighted by Gasteiger charge is -2.23. The summed E-state index contributed by atoms with van der Waals surface area (Å²) in [5.74, 6) is 0.231. The summed E-state index contributed by atoms with van der Waals surface area (Å²) in [6.45, 7) is 1.93. The van der Waals surface area contributed by atoms with E-state index in [9.17, 15) is 18.0 Å². The van der Waals surface area contributed by atoms with Crippen LogP contribution in [0.15, 0.2) is 57.7 Å². The molecule has 0 saturated heterocycles. The number of fused-ring (bicyclic) bond motifs is 1. The molecule has 1 aromatic carbocycles. The Morgan fingerprint density at radius 2 is 1.94 bits per heavy atom. The second-order valence-corrected chi connectivity index (χ2v) is 7.84. The number of carbonyl (C=O) groups is 1. The monoisotopic (exact) mass is 441 g/mol. The molecule has 1 saturated carbocycles. The van der Waals surface area contributed by atoms with Crippen molar-refractivity contribution in [3.8, 4) is 11.5 Å². The van der Waals surface area contributed by atoms with Crippen molar-refractivity contribution in [1.29, 1.82) is 0 Å². The molecule has 0 unspecified atom stereocenters. The van der Waals surface area contributed by atoms with Crippen LogP contribution in [0.4, 0.5) is 13.2 Å². The minimum absolute atomic E-state index is 0.0280. The quantitative estimate of drug-likeness (QED) is 0.402. The van der Waals surface area contributed by atoms with Crippen LogP contribution in [0, 0.1) is 6.92 Å². The molecule has 0 atom stereocenters. The fourth-order valence-corrected chi connectivity index (χ4v) is 3.72. The van der Waals surface area contributed by atoms with Crippen LogP contribution >= 0.6 is 0 Å². The van der Waals surface area contributed by atoms with Crippen molar-refractivity contribution in [3.05, 3.63) is 71.1 Å². The SMILES string of the molecule is Cc1noc2nc(-c3ccco3)cc(C(=O)N(Cc3ccc(C(F)(F)F)cc3)C3CC3)c12. The zero-order chi connectivity index (χ0) is 22.5. The second kappa shape index (κ2) is 7.51. The Hall–Kier alpha value is -3.62. The molecule has 1 amide bonds. The second-order valence-electron chi connectivity index (χ2n) is 7.84. The molecule has 4 aromatic rings. The largest absolute Gasteiger partial charge is 0.463 e. The van der Waals surface area contributed by atoms with Gasteiger partial charge in [-0.05, 0) is 55.7 Å². The van der Waals surface area contributed by atoms with Crippen molar-refractivity contribution in [3.63, 3.8) is 0 Å². The topological polar surface area (TPSA) is 72.4 Å². The number of alkyl halides is 3. The number of nitrogens with zero attached hydrogens (tertiary/aromatic N) is 3. The van der Waals surface area contributed by atoms with Gasteiger partial charge in [0.05, 0.1) is 28.5 Å². The Balaban J connectivity index is 1.52. The zero-order valence-electron chi connectivity index (χ0n) is 17.0. The van der Waals surface area contributed by atoms with E-state index >= 15 is 0 Å². The molecule has 164 valence electrons. The maximum atomic E-state index is 13.7. The lowest BCUT2D eigenvalue weighted by molar-refractivity contribution is -0.137. The predicted molar refractivity (Wildman–Crippen MR) is 109 cm³/mol. The summed E-state index contributed by atoms with van der Waals surface area (Å²) in [6.07, 6.45) is -1.21. The van der Waals surface area contributed by atoms with E-state index in [-0.39, 0.29) is 24.2 Å². The highest BCUT2D eigenvalue weighted by molar-refractivity contribution is 6.07. The van der Waals surface area contributed by atoms with Crippen molar-refractivity contribution < 1.29 is 26.9 Å². The summed E-state index contributed by atoms with van der Waals surface area (Å²) in [6, 6.07) is 10.0. The highest BCUT2D eigenvalue weighted by Crippen LogP contribution is 2.34. The summed E-state index contributed by atoms with van der Waals surface area (Å²) in [4.78, 5) is 19.8. The first-order valence-corrected chi connectivity index (χ1v) is 10.1. The molecule has 32 heavy (non-hydrogen) atoms. The Morgan fingerprint density at radius 1 is 1.19 bits per heavy atom. The molecule has 5 rings (SSSR count). The first-order valence-electron chi connectivity index (χ1n) is 10.1. The third-order valence-corrected chi connectivity index (χ3v) is 5.50. The summed E-state index contributed by atoms with van der Waals surface area (Å²) in [5.41, 5.74) is 1.48. The van der Waals surface area contributed by atoms with E-state index in [1.807, 2.05) is 0 Å². The van der Waals surface area contributed by atoms with Gasteiger partial charge in [0.25, 0.3) is 11.6 Å². The Bertz CT molecular complexity index is 1270. The molecule has 0 radical (unpaired) electrons. The van der Waals surface area contributed by atoms with Crippen LogP contribution in [0.5, 0.6) is 0 Å². The van der Waals surface area contributed by atoms with Crippen molar-refractivity contribution in [2.45, 2.75) is 38.5 Å². The van der Waals surface area contributed by atoms with Crippen molar-refractivity contribution in [1.82, 2.24) is 15.0 Å². The third-order valence-electron chi connectivity index (χ3n) is 5.50. The number of hydrogen-bond acceptors (Lipinski definition) is 5. The fourth-order valence-electron chi connectivity index (χ4n) is 3.72. The van der Waals surface area contributed by atoms with Gasteiger partial charge >= 0.3 is 6.18 Å². The molecule has 0 aliphatic heterocycles. The molecular weight excluding hydrogens is 423 g/mol. The first-order chi connectivity index (χ1) is 15.3. The van der Waals surface area contributed by atoms with Crippen LogP contribution in [0.25, 0.3) is 22.6 Å². The summed E-state index contributed by atoms with van der Waals surface area (Å²) >= 11 is 0. The Kier molecular flexibility index (Phi) is 4.76. The number of halogens is 3. The van der Waals surface area contributed by atoms with Crippen LogP contribution in [-0.2, 0) is 12.7 Å². The van der Waals surface area contributed by atoms with Crippen LogP contribution in [0.1, 0.15) is 40.0 Å². The third kappa shape index (κ3) is 3.74. The van der Waals surface area contributed by atoms with Gasteiger partial charge in [-0.15, -0.1) is 0 Å². The van der Waals surface area contributed by atoms with E-state index in [1.165, 1.54) is 18.4 Å². The molecule has 9 heteroatoms. The lowest BCUT2D eigenvalue weighted by Crippen LogP contribution is -2.33. The van der Waals surface area contributed by atoms with Gasteiger partial charge in [0.1, 0.15) is 5.69 Å². The smallest absolute Gasteiger partial charge is 0.416 e. The number of carbonyl (C=O) groups excluding carboxylic acids is 1. The number of aromatic nitrogens is 2. The normalized spacial score (nSPS) is 14.1. The van der Waals surface area contributed by atoms with E-state index in [0.717, 1.165) is 25.0 Å². The fraction of sp³-hybridized carbons (Fsp3) is 0.261. The molecule has 1 aliphatic rings. The molecule has 3 heterocycles. The number of benzene rings is 1. The van der Waals surface area contributed by atoms with Gasteiger partial charge in [-0.25, -0.2) is 4.98 Å². The molecule has 1 aliphatic carbocycles. The van der Waals surface area contributed by atoms with Gasteiger partial charge < -0.3 is 13.8 Å². The molecule has 0 spiro atoms. The van der Waals surface area contributed by atoms with Gasteiger partial charge in [-0.2, -0.15) is 13.2 Å². The van der Waals surface area contributed by atoms with Crippen LogP contribution in [-0.4, -0.2) is 27.0 Å². The molecular formula is C23H18F3N3O3. The van der Waals surface area contributed by atoms with E-state index in [1.54, 1.807) is 30.0 Å². The minimum atomic E-state index is -4.40. The van der Waals surface area contributed by atoms with Gasteiger partial charge in [0.15, 0.2) is 5.76 Å². The van der Waals surface area contributed by atoms with E-state index in [4.69, 9.17) is 8.94 Å². The lowest BCUT2D eigenvalue weighted by atomic mass is 10.1. The average Bonchev–Trinajstić information content (AvgIpc) is 3.32. The number of furan rings is 1. The van der Waals surface area contributed by atoms with Crippen molar-refractivity contribution in [2.24, 2.45) is 0 Å². The number of hydrogen-bond donors (Lipinski definition) is 0. The highest BCUT2D eigenvalue weighted by atomic mass is 19.4. The maximum absolute atomic E-state index is 13.7. The van der Waals surface area contributed by atoms with Gasteiger partial charge in [-0.1, -0.05) is 17.3 Å². The predicted octanol–water partition coefficient (Wildman–Crippen LogP) is 5.61. The van der Waals surface area contributed by atoms with E-state index in [0.29, 0.717) is 33.7 Å². The minimum Gasteiger partial charge on any atom is -0.463 e. The highest BCUT2D eigenvalue weighted by Gasteiger charge is 2.35. The summed E-state index contributed by atoms with van der Waals surface area (Å²) < 4.78 is 49.4. The summed E-state index contributed by atoms with van der Waals surface area (Å²) in [5, 5.41) is 4.47. The number of rotatable bonds is 5. The summed E-state index contributed by atoms with van der Waals surface area (Å²) in [7, 11) is 0. The Morgan fingerprint density at radius 3 is 2.56 bits per heavy atom. The standard InChI is InChI=1S/C23H18F3N3O3/c1-13-20-17(11-18(19-3-2-10-31-19)27-21(20)32-28-13)22(30)29(16-8-9-16)12-14-4-6-15(7-5-14)23(24,25)26/h2-7,10-11,16H,8-9,12H2,1H3. The van der Waals surface area contributed by atoms with Gasteiger partial charge in [0.2, 0.25) is 0 Å². The Labute approximate surface area is 180 Å². The molecule has 0 bridgehead atoms. The average molecular weight is 441 g/mol. The van der Waals surface area contributed by atoms with Gasteiger partial charge in [0, 0.05) is 12.6 Å².